The maximum absolute atomic E-state index is 11.5. The van der Waals surface area contributed by atoms with Crippen molar-refractivity contribution in [2.45, 2.75) is 13.3 Å². The highest BCUT2D eigenvalue weighted by molar-refractivity contribution is 6.30. The van der Waals surface area contributed by atoms with E-state index in [0.717, 1.165) is 0 Å². The number of nitrogens with two attached hydrogens (primary N) is 1. The highest BCUT2D eigenvalue weighted by atomic mass is 35.5. The number of rotatable bonds is 3. The molecule has 0 radical (unpaired) electrons. The Morgan fingerprint density at radius 1 is 1.35 bits per heavy atom. The van der Waals surface area contributed by atoms with Gasteiger partial charge in [0.25, 0.3) is 0 Å². The number of ketones is 1. The van der Waals surface area contributed by atoms with Crippen molar-refractivity contribution in [2.24, 2.45) is 0 Å². The summed E-state index contributed by atoms with van der Waals surface area (Å²) in [7, 11) is 0. The van der Waals surface area contributed by atoms with Crippen molar-refractivity contribution in [1.29, 1.82) is 0 Å². The fraction of sp³-hybridized carbons (Fsp3) is 0.182. The van der Waals surface area contributed by atoms with Crippen LogP contribution in [0.25, 0.3) is 5.69 Å². The second-order valence-electron chi connectivity index (χ2n) is 3.48. The SMILES string of the molecule is CCC(=O)c1nn(-c2ccc(Cl)cc2)nc1N. The number of nitrogens with zero attached hydrogens (tertiary/aromatic N) is 3. The van der Waals surface area contributed by atoms with Crippen LogP contribution in [0.3, 0.4) is 0 Å². The van der Waals surface area contributed by atoms with Gasteiger partial charge in [-0.2, -0.15) is 0 Å². The number of hydrogen-bond donors (Lipinski definition) is 1. The molecule has 0 amide bonds. The van der Waals surface area contributed by atoms with E-state index in [2.05, 4.69) is 10.2 Å². The van der Waals surface area contributed by atoms with Crippen LogP contribution >= 0.6 is 11.6 Å². The molecule has 0 atom stereocenters. The number of halogens is 1. The molecule has 2 aromatic rings. The summed E-state index contributed by atoms with van der Waals surface area (Å²) in [5, 5.41) is 8.69. The third-order valence-corrected chi connectivity index (χ3v) is 2.53. The van der Waals surface area contributed by atoms with Gasteiger partial charge in [-0.3, -0.25) is 4.79 Å². The van der Waals surface area contributed by atoms with Crippen LogP contribution in [-0.4, -0.2) is 20.8 Å². The van der Waals surface area contributed by atoms with Crippen LogP contribution in [0.1, 0.15) is 23.8 Å². The molecule has 5 nitrogen and oxygen atoms in total. The molecule has 2 N–H and O–H groups in total. The van der Waals surface area contributed by atoms with Gasteiger partial charge in [0.1, 0.15) is 0 Å². The summed E-state index contributed by atoms with van der Waals surface area (Å²) < 4.78 is 0. The van der Waals surface area contributed by atoms with Gasteiger partial charge >= 0.3 is 0 Å². The number of benzene rings is 1. The Balaban J connectivity index is 2.41. The lowest BCUT2D eigenvalue weighted by Crippen LogP contribution is -2.02. The van der Waals surface area contributed by atoms with Gasteiger partial charge in [-0.25, -0.2) is 0 Å². The minimum atomic E-state index is -0.122. The highest BCUT2D eigenvalue weighted by Crippen LogP contribution is 2.14. The molecule has 0 spiro atoms. The Morgan fingerprint density at radius 2 is 2.00 bits per heavy atom. The average molecular weight is 251 g/mol. The summed E-state index contributed by atoms with van der Waals surface area (Å²) in [6, 6.07) is 6.94. The first-order valence-electron chi connectivity index (χ1n) is 5.13. The summed E-state index contributed by atoms with van der Waals surface area (Å²) in [6.45, 7) is 1.75. The number of anilines is 1. The minimum Gasteiger partial charge on any atom is -0.380 e. The molecule has 0 unspecified atom stereocenters. The van der Waals surface area contributed by atoms with E-state index in [1.165, 1.54) is 4.80 Å². The van der Waals surface area contributed by atoms with E-state index < -0.39 is 0 Å². The third-order valence-electron chi connectivity index (χ3n) is 2.28. The Labute approximate surface area is 103 Å². The molecule has 1 heterocycles. The summed E-state index contributed by atoms with van der Waals surface area (Å²) in [4.78, 5) is 12.8. The fourth-order valence-corrected chi connectivity index (χ4v) is 1.50. The molecule has 0 saturated carbocycles. The molecule has 0 aliphatic rings. The molecule has 88 valence electrons. The zero-order chi connectivity index (χ0) is 12.4. The Morgan fingerprint density at radius 3 is 2.59 bits per heavy atom. The van der Waals surface area contributed by atoms with Crippen LogP contribution in [0.2, 0.25) is 5.02 Å². The van der Waals surface area contributed by atoms with Crippen molar-refractivity contribution in [3.8, 4) is 5.69 Å². The summed E-state index contributed by atoms with van der Waals surface area (Å²) in [5.41, 5.74) is 6.56. The van der Waals surface area contributed by atoms with Crippen molar-refractivity contribution in [2.75, 3.05) is 5.73 Å². The van der Waals surface area contributed by atoms with Crippen molar-refractivity contribution in [3.05, 3.63) is 35.0 Å². The first-order chi connectivity index (χ1) is 8.11. The molecule has 17 heavy (non-hydrogen) atoms. The molecule has 1 aromatic heterocycles. The van der Waals surface area contributed by atoms with Gasteiger partial charge in [0.2, 0.25) is 0 Å². The quantitative estimate of drug-likeness (QED) is 0.847. The van der Waals surface area contributed by atoms with Gasteiger partial charge in [0.15, 0.2) is 17.3 Å². The molecule has 2 rings (SSSR count). The van der Waals surface area contributed by atoms with Gasteiger partial charge in [0, 0.05) is 11.4 Å². The number of carbonyl (C=O) groups is 1. The predicted molar refractivity (Wildman–Crippen MR) is 65.4 cm³/mol. The van der Waals surface area contributed by atoms with Crippen molar-refractivity contribution in [1.82, 2.24) is 15.0 Å². The van der Waals surface area contributed by atoms with E-state index in [9.17, 15) is 4.79 Å². The molecule has 1 aromatic carbocycles. The van der Waals surface area contributed by atoms with Crippen molar-refractivity contribution < 1.29 is 4.79 Å². The van der Waals surface area contributed by atoms with Crippen LogP contribution in [0, 0.1) is 0 Å². The first kappa shape index (κ1) is 11.6. The number of hydrogen-bond acceptors (Lipinski definition) is 4. The van der Waals surface area contributed by atoms with E-state index in [0.29, 0.717) is 17.1 Å². The van der Waals surface area contributed by atoms with E-state index in [1.807, 2.05) is 0 Å². The zero-order valence-corrected chi connectivity index (χ0v) is 9.98. The second kappa shape index (κ2) is 4.55. The topological polar surface area (TPSA) is 73.8 Å². The Bertz CT molecular complexity index is 547. The molecule has 6 heteroatoms. The maximum Gasteiger partial charge on any atom is 0.186 e. The van der Waals surface area contributed by atoms with Crippen molar-refractivity contribution in [3.63, 3.8) is 0 Å². The van der Waals surface area contributed by atoms with Gasteiger partial charge in [-0.1, -0.05) is 18.5 Å². The molecule has 0 fully saturated rings. The minimum absolute atomic E-state index is 0.122. The van der Waals surface area contributed by atoms with Crippen LogP contribution in [0.15, 0.2) is 24.3 Å². The largest absolute Gasteiger partial charge is 0.380 e. The summed E-state index contributed by atoms with van der Waals surface area (Å²) in [6.07, 6.45) is 0.351. The van der Waals surface area contributed by atoms with E-state index in [-0.39, 0.29) is 17.3 Å². The van der Waals surface area contributed by atoms with Crippen LogP contribution in [0.5, 0.6) is 0 Å². The van der Waals surface area contributed by atoms with Crippen molar-refractivity contribution >= 4 is 23.2 Å². The summed E-state index contributed by atoms with van der Waals surface area (Å²) >= 11 is 5.78. The molecule has 0 saturated heterocycles. The van der Waals surface area contributed by atoms with Crippen LogP contribution < -0.4 is 5.73 Å². The zero-order valence-electron chi connectivity index (χ0n) is 9.22. The molecule has 0 aliphatic heterocycles. The normalized spacial score (nSPS) is 10.5. The maximum atomic E-state index is 11.5. The lowest BCUT2D eigenvalue weighted by atomic mass is 10.2. The van der Waals surface area contributed by atoms with E-state index >= 15 is 0 Å². The van der Waals surface area contributed by atoms with Gasteiger partial charge in [-0.05, 0) is 24.3 Å². The fourth-order valence-electron chi connectivity index (χ4n) is 1.37. The molecule has 0 bridgehead atoms. The summed E-state index contributed by atoms with van der Waals surface area (Å²) in [5.74, 6) is 0.0227. The van der Waals surface area contributed by atoms with Gasteiger partial charge < -0.3 is 5.73 Å². The highest BCUT2D eigenvalue weighted by Gasteiger charge is 2.15. The Hall–Kier alpha value is -1.88. The smallest absolute Gasteiger partial charge is 0.186 e. The number of Topliss-reactive ketones (excluding diaryl/α,β-unsaturated/α-hetero) is 1. The average Bonchev–Trinajstić information content (AvgIpc) is 2.71. The Kier molecular flexibility index (Phi) is 3.10. The second-order valence-corrected chi connectivity index (χ2v) is 3.91. The van der Waals surface area contributed by atoms with E-state index in [4.69, 9.17) is 17.3 Å². The van der Waals surface area contributed by atoms with Gasteiger partial charge in [0.05, 0.1) is 5.69 Å². The number of nitrogen functional groups attached to an aromatic ring is 1. The molecule has 0 aliphatic carbocycles. The number of aromatic nitrogens is 3. The monoisotopic (exact) mass is 250 g/mol. The lowest BCUT2D eigenvalue weighted by molar-refractivity contribution is 0.0984. The third kappa shape index (κ3) is 2.29. The van der Waals surface area contributed by atoms with Crippen LogP contribution in [0.4, 0.5) is 5.82 Å². The van der Waals surface area contributed by atoms with Gasteiger partial charge in [-0.15, -0.1) is 15.0 Å². The van der Waals surface area contributed by atoms with Crippen LogP contribution in [-0.2, 0) is 0 Å². The van der Waals surface area contributed by atoms with E-state index in [1.54, 1.807) is 31.2 Å². The lowest BCUT2D eigenvalue weighted by Gasteiger charge is -1.98. The first-order valence-corrected chi connectivity index (χ1v) is 5.51. The number of carbonyl (C=O) groups excluding carboxylic acids is 1. The standard InChI is InChI=1S/C11H11ClN4O/c1-2-9(17)10-11(13)15-16(14-10)8-5-3-7(12)4-6-8/h3-6H,2H2,1H3,(H2,13,15). The molecular weight excluding hydrogens is 240 g/mol. The molecular formula is C11H11ClN4O. The predicted octanol–water partition coefficient (Wildman–Crippen LogP) is 2.10.